The molecule has 0 saturated carbocycles. The van der Waals surface area contributed by atoms with Gasteiger partial charge >= 0.3 is 0 Å². The molecular weight excluding hydrogens is 372 g/mol. The predicted molar refractivity (Wildman–Crippen MR) is 105 cm³/mol. The molecule has 29 heavy (non-hydrogen) atoms. The van der Waals surface area contributed by atoms with Gasteiger partial charge in [-0.15, -0.1) is 10.2 Å². The minimum atomic E-state index is -0.773. The molecule has 0 aliphatic carbocycles. The topological polar surface area (TPSA) is 112 Å². The van der Waals surface area contributed by atoms with Gasteiger partial charge in [-0.2, -0.15) is 0 Å². The molecule has 2 heterocycles. The molecule has 2 amide bonds. The van der Waals surface area contributed by atoms with Crippen LogP contribution >= 0.6 is 0 Å². The number of carbonyl (C=O) groups excluding carboxylic acids is 2. The molecule has 3 aromatic rings. The minimum Gasteiger partial charge on any atom is -0.416 e. The Morgan fingerprint density at radius 3 is 2.48 bits per heavy atom. The number of ether oxygens (including phenoxy) is 1. The molecule has 2 aromatic carbocycles. The second-order valence-electron chi connectivity index (χ2n) is 6.87. The summed E-state index contributed by atoms with van der Waals surface area (Å²) in [6.07, 6.45) is -0.773. The first kappa shape index (κ1) is 18.8. The van der Waals surface area contributed by atoms with Gasteiger partial charge in [0.15, 0.2) is 6.10 Å². The minimum absolute atomic E-state index is 0.152. The number of aromatic nitrogens is 2. The zero-order valence-electron chi connectivity index (χ0n) is 15.9. The van der Waals surface area contributed by atoms with Crippen molar-refractivity contribution in [2.45, 2.75) is 13.0 Å². The maximum Gasteiger partial charge on any atom is 0.254 e. The summed E-state index contributed by atoms with van der Waals surface area (Å²) in [7, 11) is 0. The van der Waals surface area contributed by atoms with E-state index in [2.05, 4.69) is 10.2 Å². The molecule has 1 aliphatic rings. The lowest BCUT2D eigenvalue weighted by Crippen LogP contribution is -2.50. The summed E-state index contributed by atoms with van der Waals surface area (Å²) in [4.78, 5) is 25.6. The third-order valence-electron chi connectivity index (χ3n) is 4.74. The van der Waals surface area contributed by atoms with E-state index >= 15 is 0 Å². The van der Waals surface area contributed by atoms with Crippen LogP contribution in [-0.4, -0.2) is 52.7 Å². The first-order valence-corrected chi connectivity index (χ1v) is 9.22. The van der Waals surface area contributed by atoms with Crippen molar-refractivity contribution in [2.24, 2.45) is 5.73 Å². The van der Waals surface area contributed by atoms with Crippen LogP contribution in [0.3, 0.4) is 0 Å². The zero-order valence-corrected chi connectivity index (χ0v) is 15.9. The number of benzene rings is 2. The van der Waals surface area contributed by atoms with Crippen LogP contribution < -0.4 is 5.73 Å². The van der Waals surface area contributed by atoms with Crippen LogP contribution in [0.2, 0.25) is 0 Å². The van der Waals surface area contributed by atoms with E-state index in [-0.39, 0.29) is 19.1 Å². The summed E-state index contributed by atoms with van der Waals surface area (Å²) in [5.74, 6) is 0.0612. The van der Waals surface area contributed by atoms with Crippen molar-refractivity contribution in [1.82, 2.24) is 15.1 Å². The lowest BCUT2D eigenvalue weighted by Gasteiger charge is -2.31. The fraction of sp³-hybridized carbons (Fsp3) is 0.238. The summed E-state index contributed by atoms with van der Waals surface area (Å²) < 4.78 is 11.1. The molecule has 148 valence electrons. The van der Waals surface area contributed by atoms with Gasteiger partial charge in [0.2, 0.25) is 17.7 Å². The molecule has 1 aromatic heterocycles. The summed E-state index contributed by atoms with van der Waals surface area (Å²) in [5.41, 5.74) is 8.45. The number of hydrogen-bond donors (Lipinski definition) is 1. The van der Waals surface area contributed by atoms with Gasteiger partial charge in [0.1, 0.15) is 0 Å². The Morgan fingerprint density at radius 2 is 1.79 bits per heavy atom. The molecule has 1 atom stereocenters. The average Bonchev–Trinajstić information content (AvgIpc) is 3.24. The van der Waals surface area contributed by atoms with E-state index in [0.29, 0.717) is 29.5 Å². The van der Waals surface area contributed by atoms with Crippen molar-refractivity contribution >= 4 is 11.8 Å². The first-order chi connectivity index (χ1) is 14.0. The number of hydrogen-bond acceptors (Lipinski definition) is 6. The monoisotopic (exact) mass is 392 g/mol. The van der Waals surface area contributed by atoms with Crippen LogP contribution in [-0.2, 0) is 9.53 Å². The van der Waals surface area contributed by atoms with Crippen molar-refractivity contribution < 1.29 is 18.7 Å². The second-order valence-corrected chi connectivity index (χ2v) is 6.87. The normalized spacial score (nSPS) is 16.6. The van der Waals surface area contributed by atoms with Crippen molar-refractivity contribution in [3.8, 4) is 22.9 Å². The fourth-order valence-corrected chi connectivity index (χ4v) is 3.18. The molecule has 8 heteroatoms. The number of nitrogens with two attached hydrogens (primary N) is 1. The van der Waals surface area contributed by atoms with Gasteiger partial charge in [-0.05, 0) is 43.3 Å². The number of aryl methyl sites for hydroxylation is 1. The third-order valence-corrected chi connectivity index (χ3v) is 4.74. The Morgan fingerprint density at radius 1 is 1.07 bits per heavy atom. The van der Waals surface area contributed by atoms with Crippen molar-refractivity contribution in [3.63, 3.8) is 0 Å². The van der Waals surface area contributed by atoms with Crippen molar-refractivity contribution in [2.75, 3.05) is 19.7 Å². The lowest BCUT2D eigenvalue weighted by atomic mass is 10.1. The maximum absolute atomic E-state index is 12.7. The van der Waals surface area contributed by atoms with Gasteiger partial charge in [0, 0.05) is 23.2 Å². The van der Waals surface area contributed by atoms with E-state index in [1.165, 1.54) is 0 Å². The highest BCUT2D eigenvalue weighted by Crippen LogP contribution is 2.25. The number of nitrogens with zero attached hydrogens (tertiary/aromatic N) is 3. The van der Waals surface area contributed by atoms with E-state index in [4.69, 9.17) is 14.9 Å². The Labute approximate surface area is 167 Å². The predicted octanol–water partition coefficient (Wildman–Crippen LogP) is 2.04. The fourth-order valence-electron chi connectivity index (χ4n) is 3.18. The molecule has 1 unspecified atom stereocenters. The Balaban J connectivity index is 1.50. The van der Waals surface area contributed by atoms with Gasteiger partial charge in [-0.3, -0.25) is 9.59 Å². The average molecular weight is 392 g/mol. The molecule has 1 fully saturated rings. The quantitative estimate of drug-likeness (QED) is 0.727. The summed E-state index contributed by atoms with van der Waals surface area (Å²) in [6.45, 7) is 2.84. The highest BCUT2D eigenvalue weighted by molar-refractivity contribution is 5.95. The molecule has 0 radical (unpaired) electrons. The van der Waals surface area contributed by atoms with E-state index in [1.807, 2.05) is 31.2 Å². The molecule has 0 spiro atoms. The smallest absolute Gasteiger partial charge is 0.254 e. The van der Waals surface area contributed by atoms with Crippen LogP contribution in [0, 0.1) is 6.92 Å². The van der Waals surface area contributed by atoms with E-state index in [1.54, 1.807) is 29.2 Å². The second kappa shape index (κ2) is 7.84. The molecule has 8 nitrogen and oxygen atoms in total. The number of morpholine rings is 1. The number of amides is 2. The Hall–Kier alpha value is -3.52. The van der Waals surface area contributed by atoms with Crippen LogP contribution in [0.1, 0.15) is 15.9 Å². The number of rotatable bonds is 4. The molecule has 0 bridgehead atoms. The van der Waals surface area contributed by atoms with Gasteiger partial charge in [-0.1, -0.05) is 17.7 Å². The highest BCUT2D eigenvalue weighted by Gasteiger charge is 2.28. The first-order valence-electron chi connectivity index (χ1n) is 9.22. The van der Waals surface area contributed by atoms with Crippen molar-refractivity contribution in [1.29, 1.82) is 0 Å². The van der Waals surface area contributed by atoms with Crippen molar-refractivity contribution in [3.05, 3.63) is 59.7 Å². The summed E-state index contributed by atoms with van der Waals surface area (Å²) in [5, 5.41) is 8.22. The maximum atomic E-state index is 12.7. The number of primary amides is 1. The van der Waals surface area contributed by atoms with Crippen LogP contribution in [0.15, 0.2) is 52.9 Å². The van der Waals surface area contributed by atoms with Crippen LogP contribution in [0.4, 0.5) is 0 Å². The van der Waals surface area contributed by atoms with Gasteiger partial charge in [-0.25, -0.2) is 0 Å². The Bertz CT molecular complexity index is 1040. The van der Waals surface area contributed by atoms with E-state index in [9.17, 15) is 9.59 Å². The number of carbonyl (C=O) groups is 2. The third kappa shape index (κ3) is 4.02. The molecule has 1 aliphatic heterocycles. The van der Waals surface area contributed by atoms with Crippen LogP contribution in [0.5, 0.6) is 0 Å². The van der Waals surface area contributed by atoms with Gasteiger partial charge in [0.25, 0.3) is 5.91 Å². The van der Waals surface area contributed by atoms with Gasteiger partial charge in [0.05, 0.1) is 13.2 Å². The zero-order chi connectivity index (χ0) is 20.4. The van der Waals surface area contributed by atoms with Crippen LogP contribution in [0.25, 0.3) is 22.9 Å². The SMILES string of the molecule is Cc1cccc(-c2nnc(-c3ccc(C(=O)N4CCOC(C(N)=O)C4)cc3)o2)c1. The summed E-state index contributed by atoms with van der Waals surface area (Å²) >= 11 is 0. The highest BCUT2D eigenvalue weighted by atomic mass is 16.5. The Kier molecular flexibility index (Phi) is 5.09. The van der Waals surface area contributed by atoms with Gasteiger partial charge < -0.3 is 19.8 Å². The van der Waals surface area contributed by atoms with E-state index in [0.717, 1.165) is 11.1 Å². The molecule has 4 rings (SSSR count). The molecule has 2 N–H and O–H groups in total. The molecular formula is C21H20N4O4. The standard InChI is InChI=1S/C21H20N4O4/c1-13-3-2-4-16(11-13)20-24-23-19(29-20)14-5-7-15(8-6-14)21(27)25-9-10-28-17(12-25)18(22)26/h2-8,11,17H,9-10,12H2,1H3,(H2,22,26). The lowest BCUT2D eigenvalue weighted by molar-refractivity contribution is -0.133. The summed E-state index contributed by atoms with van der Waals surface area (Å²) in [6, 6.07) is 14.7. The van der Waals surface area contributed by atoms with E-state index < -0.39 is 12.0 Å². The largest absolute Gasteiger partial charge is 0.416 e. The molecule has 1 saturated heterocycles.